The molecule has 0 bridgehead atoms. The van der Waals surface area contributed by atoms with Crippen LogP contribution in [-0.4, -0.2) is 17.7 Å². The van der Waals surface area contributed by atoms with Gasteiger partial charge >= 0.3 is 6.09 Å². The number of carboxylic acid groups (broad SMARTS) is 1. The van der Waals surface area contributed by atoms with E-state index in [1.54, 1.807) is 0 Å². The minimum absolute atomic E-state index is 0.0401. The van der Waals surface area contributed by atoms with E-state index in [0.717, 1.165) is 0 Å². The maximum Gasteiger partial charge on any atom is 0.404 e. The lowest BCUT2D eigenvalue weighted by Crippen LogP contribution is -2.30. The van der Waals surface area contributed by atoms with Crippen molar-refractivity contribution in [1.29, 1.82) is 0 Å². The van der Waals surface area contributed by atoms with Gasteiger partial charge in [-0.3, -0.25) is 0 Å². The van der Waals surface area contributed by atoms with Gasteiger partial charge < -0.3 is 10.4 Å². The third-order valence-corrected chi connectivity index (χ3v) is 0.770. The minimum atomic E-state index is -0.954. The molecule has 0 aliphatic rings. The number of carbonyl (C=O) groups is 1. The highest BCUT2D eigenvalue weighted by Gasteiger charge is 2.10. The number of hydrogen-bond acceptors (Lipinski definition) is 1. The summed E-state index contributed by atoms with van der Waals surface area (Å²) in [4.78, 5) is 9.93. The predicted octanol–water partition coefficient (Wildman–Crippen LogP) is 1.30. The molecule has 0 aliphatic carbocycles. The highest BCUT2D eigenvalue weighted by atomic mass is 16.4. The van der Waals surface area contributed by atoms with Crippen LogP contribution in [0, 0.1) is 5.41 Å². The Morgan fingerprint density at radius 1 is 1.56 bits per heavy atom. The van der Waals surface area contributed by atoms with Gasteiger partial charge in [-0.05, 0) is 5.41 Å². The summed E-state index contributed by atoms with van der Waals surface area (Å²) in [7, 11) is 0. The van der Waals surface area contributed by atoms with Gasteiger partial charge in [0.05, 0.1) is 0 Å². The van der Waals surface area contributed by atoms with E-state index in [-0.39, 0.29) is 5.41 Å². The highest BCUT2D eigenvalue weighted by molar-refractivity contribution is 5.64. The molecule has 3 nitrogen and oxygen atoms in total. The average molecular weight is 131 g/mol. The molecule has 9 heavy (non-hydrogen) atoms. The molecule has 54 valence electrons. The normalized spacial score (nSPS) is 11.0. The Kier molecular flexibility index (Phi) is 2.49. The van der Waals surface area contributed by atoms with Gasteiger partial charge in [0, 0.05) is 6.54 Å². The van der Waals surface area contributed by atoms with Crippen LogP contribution in [0.1, 0.15) is 20.8 Å². The van der Waals surface area contributed by atoms with Crippen LogP contribution in [0.2, 0.25) is 0 Å². The lowest BCUT2D eigenvalue weighted by molar-refractivity contribution is 0.189. The van der Waals surface area contributed by atoms with E-state index in [2.05, 4.69) is 5.32 Å². The molecule has 0 atom stereocenters. The standard InChI is InChI=1S/C6H13NO2/c1-6(2,3)4-7-5(8)9/h7H,4H2,1-3H3,(H,8,9). The van der Waals surface area contributed by atoms with E-state index in [0.29, 0.717) is 6.54 Å². The lowest BCUT2D eigenvalue weighted by atomic mass is 9.97. The van der Waals surface area contributed by atoms with Gasteiger partial charge in [0.2, 0.25) is 0 Å². The Morgan fingerprint density at radius 3 is 2.11 bits per heavy atom. The average Bonchev–Trinajstić information content (AvgIpc) is 1.59. The van der Waals surface area contributed by atoms with Gasteiger partial charge in [0.15, 0.2) is 0 Å². The Hall–Kier alpha value is -0.730. The van der Waals surface area contributed by atoms with Crippen molar-refractivity contribution in [2.24, 2.45) is 5.41 Å². The maximum atomic E-state index is 9.93. The molecule has 1 amide bonds. The van der Waals surface area contributed by atoms with Crippen molar-refractivity contribution >= 4 is 6.09 Å². The lowest BCUT2D eigenvalue weighted by Gasteiger charge is -2.16. The monoisotopic (exact) mass is 131 g/mol. The Balaban J connectivity index is 3.39. The van der Waals surface area contributed by atoms with Crippen molar-refractivity contribution in [2.75, 3.05) is 6.54 Å². The predicted molar refractivity (Wildman–Crippen MR) is 35.5 cm³/mol. The quantitative estimate of drug-likeness (QED) is 0.563. The molecule has 0 radical (unpaired) electrons. The molecule has 0 aromatic heterocycles. The number of hydrogen-bond donors (Lipinski definition) is 2. The van der Waals surface area contributed by atoms with E-state index in [1.165, 1.54) is 0 Å². The number of amides is 1. The first-order valence-electron chi connectivity index (χ1n) is 2.88. The second-order valence-corrected chi connectivity index (χ2v) is 3.22. The summed E-state index contributed by atoms with van der Waals surface area (Å²) in [5.74, 6) is 0. The van der Waals surface area contributed by atoms with Crippen LogP contribution in [0.3, 0.4) is 0 Å². The van der Waals surface area contributed by atoms with E-state index in [9.17, 15) is 4.79 Å². The number of rotatable bonds is 1. The third kappa shape index (κ3) is 7.27. The zero-order chi connectivity index (χ0) is 7.49. The molecule has 0 rings (SSSR count). The van der Waals surface area contributed by atoms with Gasteiger partial charge in [0.25, 0.3) is 0 Å². The fourth-order valence-corrected chi connectivity index (χ4v) is 0.341. The topological polar surface area (TPSA) is 49.3 Å². The van der Waals surface area contributed by atoms with Crippen LogP contribution in [0.5, 0.6) is 0 Å². The summed E-state index contributed by atoms with van der Waals surface area (Å²) < 4.78 is 0. The Morgan fingerprint density at radius 2 is 2.00 bits per heavy atom. The molecular weight excluding hydrogens is 118 g/mol. The van der Waals surface area contributed by atoms with Crippen LogP contribution in [0.25, 0.3) is 0 Å². The number of nitrogens with one attached hydrogen (secondary N) is 1. The molecule has 0 spiro atoms. The first-order valence-corrected chi connectivity index (χ1v) is 2.88. The molecule has 0 unspecified atom stereocenters. The van der Waals surface area contributed by atoms with Gasteiger partial charge in [-0.15, -0.1) is 0 Å². The van der Waals surface area contributed by atoms with Crippen molar-refractivity contribution in [1.82, 2.24) is 5.32 Å². The summed E-state index contributed by atoms with van der Waals surface area (Å²) >= 11 is 0. The molecule has 0 aromatic rings. The molecular formula is C6H13NO2. The van der Waals surface area contributed by atoms with E-state index in [4.69, 9.17) is 5.11 Å². The van der Waals surface area contributed by atoms with Crippen molar-refractivity contribution in [3.63, 3.8) is 0 Å². The van der Waals surface area contributed by atoms with Crippen LogP contribution in [0.15, 0.2) is 0 Å². The van der Waals surface area contributed by atoms with Crippen molar-refractivity contribution in [2.45, 2.75) is 20.8 Å². The van der Waals surface area contributed by atoms with E-state index >= 15 is 0 Å². The maximum absolute atomic E-state index is 9.93. The fourth-order valence-electron chi connectivity index (χ4n) is 0.341. The summed E-state index contributed by atoms with van der Waals surface area (Å²) in [6.45, 7) is 6.43. The van der Waals surface area contributed by atoms with Crippen LogP contribution < -0.4 is 5.32 Å². The zero-order valence-electron chi connectivity index (χ0n) is 6.06. The van der Waals surface area contributed by atoms with Crippen molar-refractivity contribution in [3.05, 3.63) is 0 Å². The van der Waals surface area contributed by atoms with E-state index in [1.807, 2.05) is 20.8 Å². The molecule has 3 heteroatoms. The molecule has 2 N–H and O–H groups in total. The molecule has 0 aliphatic heterocycles. The second-order valence-electron chi connectivity index (χ2n) is 3.22. The van der Waals surface area contributed by atoms with Crippen LogP contribution in [0.4, 0.5) is 4.79 Å². The summed E-state index contributed by atoms with van der Waals surface area (Å²) in [6, 6.07) is 0. The molecule has 0 aromatic carbocycles. The molecule has 0 fully saturated rings. The van der Waals surface area contributed by atoms with Gasteiger partial charge in [-0.25, -0.2) is 4.79 Å². The smallest absolute Gasteiger partial charge is 0.404 e. The summed E-state index contributed by atoms with van der Waals surface area (Å²) in [5.41, 5.74) is 0.0401. The van der Waals surface area contributed by atoms with Crippen LogP contribution in [-0.2, 0) is 0 Å². The fraction of sp³-hybridized carbons (Fsp3) is 0.833. The largest absolute Gasteiger partial charge is 0.465 e. The zero-order valence-corrected chi connectivity index (χ0v) is 6.06. The van der Waals surface area contributed by atoms with Gasteiger partial charge in [0.1, 0.15) is 0 Å². The first-order chi connectivity index (χ1) is 3.92. The first kappa shape index (κ1) is 8.27. The van der Waals surface area contributed by atoms with Crippen molar-refractivity contribution < 1.29 is 9.90 Å². The summed E-state index contributed by atoms with van der Waals surface area (Å²) in [5, 5.41) is 10.5. The van der Waals surface area contributed by atoms with Crippen molar-refractivity contribution in [3.8, 4) is 0 Å². The molecule has 0 heterocycles. The molecule has 0 saturated heterocycles. The van der Waals surface area contributed by atoms with Gasteiger partial charge in [-0.2, -0.15) is 0 Å². The Bertz CT molecular complexity index is 104. The summed E-state index contributed by atoms with van der Waals surface area (Å²) in [6.07, 6.45) is -0.954. The Labute approximate surface area is 55.1 Å². The second kappa shape index (κ2) is 2.71. The minimum Gasteiger partial charge on any atom is -0.465 e. The molecule has 0 saturated carbocycles. The third-order valence-electron chi connectivity index (χ3n) is 0.770. The highest BCUT2D eigenvalue weighted by Crippen LogP contribution is 2.09. The SMILES string of the molecule is CC(C)(C)CNC(=O)O. The van der Waals surface area contributed by atoms with Crippen LogP contribution >= 0.6 is 0 Å². The van der Waals surface area contributed by atoms with Gasteiger partial charge in [-0.1, -0.05) is 20.8 Å². The van der Waals surface area contributed by atoms with E-state index < -0.39 is 6.09 Å².